The Morgan fingerprint density at radius 1 is 1.38 bits per heavy atom. The van der Waals surface area contributed by atoms with Gasteiger partial charge in [0.15, 0.2) is 5.78 Å². The molecule has 2 heteroatoms. The molecule has 0 heterocycles. The van der Waals surface area contributed by atoms with Gasteiger partial charge in [-0.05, 0) is 53.7 Å². The number of ether oxygens (including phenoxy) is 1. The number of aryl methyl sites for hydroxylation is 1. The number of benzene rings is 1. The van der Waals surface area contributed by atoms with Crippen LogP contribution in [-0.4, -0.2) is 12.9 Å². The highest BCUT2D eigenvalue weighted by Crippen LogP contribution is 2.41. The van der Waals surface area contributed by atoms with E-state index in [-0.39, 0.29) is 5.78 Å². The zero-order valence-electron chi connectivity index (χ0n) is 9.32. The molecule has 0 aromatic heterocycles. The van der Waals surface area contributed by atoms with Gasteiger partial charge in [-0.1, -0.05) is 6.07 Å². The van der Waals surface area contributed by atoms with Crippen LogP contribution in [0.5, 0.6) is 5.75 Å². The lowest BCUT2D eigenvalue weighted by molar-refractivity contribution is -0.114. The van der Waals surface area contributed by atoms with Gasteiger partial charge in [0.25, 0.3) is 0 Å². The largest absolute Gasteiger partial charge is 0.497 e. The van der Waals surface area contributed by atoms with Crippen molar-refractivity contribution in [1.29, 1.82) is 0 Å². The average molecular weight is 214 g/mol. The molecule has 0 saturated carbocycles. The summed E-state index contributed by atoms with van der Waals surface area (Å²) >= 11 is 0. The van der Waals surface area contributed by atoms with Crippen LogP contribution < -0.4 is 4.74 Å². The predicted molar refractivity (Wildman–Crippen MR) is 62.4 cm³/mol. The number of ketones is 1. The Bertz CT molecular complexity index is 486. The van der Waals surface area contributed by atoms with Crippen LogP contribution in [0, 0.1) is 5.92 Å². The second-order valence-electron chi connectivity index (χ2n) is 4.53. The third-order valence-electron chi connectivity index (χ3n) is 3.59. The molecule has 2 nitrogen and oxygen atoms in total. The van der Waals surface area contributed by atoms with Gasteiger partial charge in [0.05, 0.1) is 7.11 Å². The topological polar surface area (TPSA) is 26.3 Å². The van der Waals surface area contributed by atoms with E-state index in [9.17, 15) is 4.79 Å². The van der Waals surface area contributed by atoms with E-state index in [0.29, 0.717) is 12.3 Å². The van der Waals surface area contributed by atoms with Gasteiger partial charge in [0.1, 0.15) is 5.75 Å². The third-order valence-corrected chi connectivity index (χ3v) is 3.59. The summed E-state index contributed by atoms with van der Waals surface area (Å²) in [5, 5.41) is 0. The molecule has 0 bridgehead atoms. The fourth-order valence-electron chi connectivity index (χ4n) is 2.77. The van der Waals surface area contributed by atoms with Gasteiger partial charge in [0.2, 0.25) is 0 Å². The molecule has 0 aliphatic heterocycles. The van der Waals surface area contributed by atoms with E-state index in [2.05, 4.69) is 12.1 Å². The molecule has 1 atom stereocenters. The minimum Gasteiger partial charge on any atom is -0.497 e. The summed E-state index contributed by atoms with van der Waals surface area (Å²) in [6, 6.07) is 6.16. The zero-order valence-corrected chi connectivity index (χ0v) is 9.32. The number of rotatable bonds is 1. The maximum Gasteiger partial charge on any atom is 0.156 e. The van der Waals surface area contributed by atoms with Gasteiger partial charge in [-0.3, -0.25) is 4.79 Å². The monoisotopic (exact) mass is 214 g/mol. The van der Waals surface area contributed by atoms with Gasteiger partial charge < -0.3 is 4.74 Å². The van der Waals surface area contributed by atoms with E-state index < -0.39 is 0 Å². The van der Waals surface area contributed by atoms with Gasteiger partial charge >= 0.3 is 0 Å². The van der Waals surface area contributed by atoms with Crippen molar-refractivity contribution in [2.24, 2.45) is 5.92 Å². The summed E-state index contributed by atoms with van der Waals surface area (Å²) in [7, 11) is 1.69. The summed E-state index contributed by atoms with van der Waals surface area (Å²) in [6.07, 6.45) is 4.69. The van der Waals surface area contributed by atoms with Crippen LogP contribution in [0.3, 0.4) is 0 Å². The minimum absolute atomic E-state index is 0.281. The lowest BCUT2D eigenvalue weighted by Crippen LogP contribution is -2.10. The lowest BCUT2D eigenvalue weighted by Gasteiger charge is -2.23. The summed E-state index contributed by atoms with van der Waals surface area (Å²) in [4.78, 5) is 11.4. The second-order valence-corrected chi connectivity index (χ2v) is 4.53. The first-order valence-corrected chi connectivity index (χ1v) is 5.69. The molecular formula is C14H14O2. The molecule has 2 aliphatic carbocycles. The van der Waals surface area contributed by atoms with Crippen molar-refractivity contribution in [1.82, 2.24) is 0 Å². The van der Waals surface area contributed by atoms with Crippen molar-refractivity contribution >= 4 is 11.4 Å². The predicted octanol–water partition coefficient (Wildman–Crippen LogP) is 2.61. The Morgan fingerprint density at radius 3 is 3.06 bits per heavy atom. The van der Waals surface area contributed by atoms with Crippen molar-refractivity contribution in [2.45, 2.75) is 19.3 Å². The van der Waals surface area contributed by atoms with E-state index in [1.54, 1.807) is 7.11 Å². The average Bonchev–Trinajstić information content (AvgIpc) is 2.69. The molecule has 16 heavy (non-hydrogen) atoms. The van der Waals surface area contributed by atoms with E-state index in [1.807, 2.05) is 12.1 Å². The summed E-state index contributed by atoms with van der Waals surface area (Å²) in [5.74, 6) is 1.65. The van der Waals surface area contributed by atoms with E-state index >= 15 is 0 Å². The minimum atomic E-state index is 0.281. The molecule has 0 spiro atoms. The van der Waals surface area contributed by atoms with Crippen LogP contribution in [0.2, 0.25) is 0 Å². The highest BCUT2D eigenvalue weighted by Gasteiger charge is 2.30. The third kappa shape index (κ3) is 1.37. The normalized spacial score (nSPS) is 22.4. The van der Waals surface area contributed by atoms with Crippen molar-refractivity contribution in [3.05, 3.63) is 35.4 Å². The van der Waals surface area contributed by atoms with Crippen molar-refractivity contribution in [2.75, 3.05) is 7.11 Å². The van der Waals surface area contributed by atoms with E-state index in [0.717, 1.165) is 18.6 Å². The maximum absolute atomic E-state index is 11.4. The number of carbonyl (C=O) groups excluding carboxylic acids is 1. The van der Waals surface area contributed by atoms with Gasteiger partial charge in [-0.15, -0.1) is 0 Å². The Hall–Kier alpha value is -1.57. The highest BCUT2D eigenvalue weighted by atomic mass is 16.5. The number of allylic oxidation sites excluding steroid dienone is 2. The Balaban J connectivity index is 2.09. The van der Waals surface area contributed by atoms with Crippen LogP contribution in [0.25, 0.3) is 5.57 Å². The van der Waals surface area contributed by atoms with Crippen molar-refractivity contribution < 1.29 is 9.53 Å². The van der Waals surface area contributed by atoms with Crippen LogP contribution in [0.15, 0.2) is 24.3 Å². The van der Waals surface area contributed by atoms with Crippen LogP contribution in [0.1, 0.15) is 24.0 Å². The Labute approximate surface area is 94.9 Å². The van der Waals surface area contributed by atoms with E-state index in [1.165, 1.54) is 16.7 Å². The lowest BCUT2D eigenvalue weighted by atomic mass is 9.81. The molecule has 1 aromatic carbocycles. The number of hydrogen-bond donors (Lipinski definition) is 0. The zero-order chi connectivity index (χ0) is 11.1. The molecular weight excluding hydrogens is 200 g/mol. The molecule has 0 N–H and O–H groups in total. The fourth-order valence-corrected chi connectivity index (χ4v) is 2.77. The molecule has 82 valence electrons. The van der Waals surface area contributed by atoms with Crippen molar-refractivity contribution in [3.63, 3.8) is 0 Å². The number of carbonyl (C=O) groups is 1. The molecule has 1 aromatic rings. The molecule has 0 fully saturated rings. The number of hydrogen-bond acceptors (Lipinski definition) is 2. The number of methoxy groups -OCH3 is 1. The standard InChI is InChI=1S/C14H14O2/c1-16-12-4-5-13-10(7-12)3-2-9-6-11(15)8-14(9)13/h4-5,7-9H,2-3,6H2,1H3/t9-/m0/s1. The molecule has 0 amide bonds. The van der Waals surface area contributed by atoms with Gasteiger partial charge in [0, 0.05) is 6.42 Å². The first kappa shape index (κ1) is 9.64. The number of fused-ring (bicyclic) bond motifs is 3. The quantitative estimate of drug-likeness (QED) is 0.718. The first-order valence-electron chi connectivity index (χ1n) is 5.69. The summed E-state index contributed by atoms with van der Waals surface area (Å²) < 4.78 is 5.23. The smallest absolute Gasteiger partial charge is 0.156 e. The van der Waals surface area contributed by atoms with Crippen LogP contribution in [-0.2, 0) is 11.2 Å². The van der Waals surface area contributed by atoms with Crippen LogP contribution >= 0.6 is 0 Å². The Morgan fingerprint density at radius 2 is 2.25 bits per heavy atom. The SMILES string of the molecule is COc1ccc2c(c1)CC[C@H]1CC(=O)C=C21. The second kappa shape index (κ2) is 3.48. The molecule has 2 aliphatic rings. The maximum atomic E-state index is 11.4. The molecule has 0 saturated heterocycles. The molecule has 3 rings (SSSR count). The highest BCUT2D eigenvalue weighted by molar-refractivity contribution is 6.03. The first-order chi connectivity index (χ1) is 7.78. The van der Waals surface area contributed by atoms with E-state index in [4.69, 9.17) is 4.74 Å². The fraction of sp³-hybridized carbons (Fsp3) is 0.357. The van der Waals surface area contributed by atoms with Gasteiger partial charge in [-0.25, -0.2) is 0 Å². The Kier molecular flexibility index (Phi) is 2.10. The van der Waals surface area contributed by atoms with Gasteiger partial charge in [-0.2, -0.15) is 0 Å². The van der Waals surface area contributed by atoms with Crippen molar-refractivity contribution in [3.8, 4) is 5.75 Å². The van der Waals surface area contributed by atoms with Crippen LogP contribution in [0.4, 0.5) is 0 Å². The summed E-state index contributed by atoms with van der Waals surface area (Å²) in [5.41, 5.74) is 3.81. The molecule has 0 radical (unpaired) electrons. The summed E-state index contributed by atoms with van der Waals surface area (Å²) in [6.45, 7) is 0. The molecule has 0 unspecified atom stereocenters.